The molecule has 0 amide bonds. The lowest BCUT2D eigenvalue weighted by Crippen LogP contribution is -2.30. The Kier molecular flexibility index (Phi) is 5.08. The van der Waals surface area contributed by atoms with E-state index in [2.05, 4.69) is 18.9 Å². The van der Waals surface area contributed by atoms with Crippen LogP contribution in [0.3, 0.4) is 0 Å². The van der Waals surface area contributed by atoms with Crippen molar-refractivity contribution in [1.82, 2.24) is 4.90 Å². The molecule has 19 heavy (non-hydrogen) atoms. The van der Waals surface area contributed by atoms with Crippen LogP contribution in [0.1, 0.15) is 26.7 Å². The molecule has 0 radical (unpaired) electrons. The van der Waals surface area contributed by atoms with Gasteiger partial charge < -0.3 is 14.4 Å². The summed E-state index contributed by atoms with van der Waals surface area (Å²) >= 11 is 0. The van der Waals surface area contributed by atoms with E-state index in [1.165, 1.54) is 13.0 Å². The van der Waals surface area contributed by atoms with E-state index in [9.17, 15) is 0 Å². The lowest BCUT2D eigenvalue weighted by molar-refractivity contribution is 0.131. The molecular weight excluding hydrogens is 238 g/mol. The zero-order valence-corrected chi connectivity index (χ0v) is 12.3. The summed E-state index contributed by atoms with van der Waals surface area (Å²) < 4.78 is 11.6. The number of rotatable bonds is 4. The normalized spacial score (nSPS) is 24.8. The van der Waals surface area contributed by atoms with E-state index in [4.69, 9.17) is 9.47 Å². The maximum atomic E-state index is 6.15. The minimum absolute atomic E-state index is 0.322. The number of nitrogens with zero attached hydrogens (tertiary/aromatic N) is 1. The molecule has 106 valence electrons. The van der Waals surface area contributed by atoms with Crippen LogP contribution < -0.4 is 9.47 Å². The van der Waals surface area contributed by atoms with Crippen LogP contribution in [0, 0.1) is 5.92 Å². The van der Waals surface area contributed by atoms with Gasteiger partial charge in [0, 0.05) is 12.5 Å². The fourth-order valence-electron chi connectivity index (χ4n) is 2.68. The summed E-state index contributed by atoms with van der Waals surface area (Å²) in [5.41, 5.74) is 0. The van der Waals surface area contributed by atoms with Gasteiger partial charge in [-0.3, -0.25) is 0 Å². The van der Waals surface area contributed by atoms with E-state index in [1.54, 1.807) is 0 Å². The Bertz CT molecular complexity index is 377. The number of hydrogen-bond donors (Lipinski definition) is 0. The Morgan fingerprint density at radius 2 is 1.89 bits per heavy atom. The molecule has 1 aliphatic rings. The van der Waals surface area contributed by atoms with Gasteiger partial charge in [0.05, 0.1) is 6.61 Å². The molecule has 3 nitrogen and oxygen atoms in total. The SMILES string of the molecule is CCOc1ccc(OC2CCCN(C)CC2C)cc1. The molecule has 2 unspecified atom stereocenters. The predicted octanol–water partition coefficient (Wildman–Crippen LogP) is 3.19. The second-order valence-corrected chi connectivity index (χ2v) is 5.44. The molecule has 1 fully saturated rings. The first kappa shape index (κ1) is 14.2. The summed E-state index contributed by atoms with van der Waals surface area (Å²) in [6, 6.07) is 7.97. The summed E-state index contributed by atoms with van der Waals surface area (Å²) in [6.07, 6.45) is 2.67. The third kappa shape index (κ3) is 4.13. The Morgan fingerprint density at radius 1 is 1.21 bits per heavy atom. The van der Waals surface area contributed by atoms with E-state index in [1.807, 2.05) is 31.2 Å². The molecule has 0 aliphatic carbocycles. The maximum Gasteiger partial charge on any atom is 0.120 e. The summed E-state index contributed by atoms with van der Waals surface area (Å²) in [4.78, 5) is 2.40. The van der Waals surface area contributed by atoms with Gasteiger partial charge in [-0.05, 0) is 57.6 Å². The largest absolute Gasteiger partial charge is 0.494 e. The first-order valence-electron chi connectivity index (χ1n) is 7.27. The van der Waals surface area contributed by atoms with Gasteiger partial charge in [0.1, 0.15) is 17.6 Å². The van der Waals surface area contributed by atoms with Crippen molar-refractivity contribution >= 4 is 0 Å². The Hall–Kier alpha value is -1.22. The Balaban J connectivity index is 1.95. The third-order valence-corrected chi connectivity index (χ3v) is 3.69. The summed E-state index contributed by atoms with van der Waals surface area (Å²) in [5, 5.41) is 0. The molecule has 2 rings (SSSR count). The molecular formula is C16H25NO2. The van der Waals surface area contributed by atoms with Gasteiger partial charge >= 0.3 is 0 Å². The molecule has 1 aliphatic heterocycles. The number of ether oxygens (including phenoxy) is 2. The Labute approximate surface area is 116 Å². The van der Waals surface area contributed by atoms with Gasteiger partial charge in [0.15, 0.2) is 0 Å². The fraction of sp³-hybridized carbons (Fsp3) is 0.625. The summed E-state index contributed by atoms with van der Waals surface area (Å²) in [5.74, 6) is 2.42. The molecule has 3 heteroatoms. The van der Waals surface area contributed by atoms with E-state index >= 15 is 0 Å². The van der Waals surface area contributed by atoms with Crippen LogP contribution in [0.5, 0.6) is 11.5 Å². The van der Waals surface area contributed by atoms with Crippen LogP contribution in [-0.4, -0.2) is 37.7 Å². The highest BCUT2D eigenvalue weighted by atomic mass is 16.5. The van der Waals surface area contributed by atoms with Crippen LogP contribution in [-0.2, 0) is 0 Å². The van der Waals surface area contributed by atoms with Crippen LogP contribution in [0.4, 0.5) is 0 Å². The second-order valence-electron chi connectivity index (χ2n) is 5.44. The monoisotopic (exact) mass is 263 g/mol. The summed E-state index contributed by atoms with van der Waals surface area (Å²) in [6.45, 7) is 7.26. The predicted molar refractivity (Wildman–Crippen MR) is 77.9 cm³/mol. The van der Waals surface area contributed by atoms with E-state index < -0.39 is 0 Å². The highest BCUT2D eigenvalue weighted by Crippen LogP contribution is 2.24. The van der Waals surface area contributed by atoms with Crippen molar-refractivity contribution in [2.24, 2.45) is 5.92 Å². The van der Waals surface area contributed by atoms with Crippen molar-refractivity contribution in [3.05, 3.63) is 24.3 Å². The molecule has 0 N–H and O–H groups in total. The quantitative estimate of drug-likeness (QED) is 0.832. The van der Waals surface area contributed by atoms with Gasteiger partial charge in [-0.1, -0.05) is 6.92 Å². The number of hydrogen-bond acceptors (Lipinski definition) is 3. The lowest BCUT2D eigenvalue weighted by atomic mass is 10.0. The van der Waals surface area contributed by atoms with Crippen LogP contribution in [0.25, 0.3) is 0 Å². The molecule has 1 aromatic carbocycles. The Morgan fingerprint density at radius 3 is 2.58 bits per heavy atom. The van der Waals surface area contributed by atoms with Crippen molar-refractivity contribution in [3.63, 3.8) is 0 Å². The van der Waals surface area contributed by atoms with Gasteiger partial charge in [-0.2, -0.15) is 0 Å². The maximum absolute atomic E-state index is 6.15. The third-order valence-electron chi connectivity index (χ3n) is 3.69. The van der Waals surface area contributed by atoms with Crippen molar-refractivity contribution < 1.29 is 9.47 Å². The molecule has 0 bridgehead atoms. The van der Waals surface area contributed by atoms with Gasteiger partial charge in [0.2, 0.25) is 0 Å². The minimum Gasteiger partial charge on any atom is -0.494 e. The van der Waals surface area contributed by atoms with Crippen LogP contribution >= 0.6 is 0 Å². The molecule has 0 saturated carbocycles. The molecule has 1 saturated heterocycles. The summed E-state index contributed by atoms with van der Waals surface area (Å²) in [7, 11) is 2.19. The zero-order valence-electron chi connectivity index (χ0n) is 12.3. The highest BCUT2D eigenvalue weighted by molar-refractivity contribution is 5.31. The highest BCUT2D eigenvalue weighted by Gasteiger charge is 2.23. The van der Waals surface area contributed by atoms with Gasteiger partial charge in [0.25, 0.3) is 0 Å². The van der Waals surface area contributed by atoms with Crippen molar-refractivity contribution in [1.29, 1.82) is 0 Å². The lowest BCUT2D eigenvalue weighted by Gasteiger charge is -2.24. The molecule has 1 heterocycles. The average Bonchev–Trinajstić information content (AvgIpc) is 2.54. The molecule has 2 atom stereocenters. The first-order chi connectivity index (χ1) is 9.19. The van der Waals surface area contributed by atoms with E-state index in [0.29, 0.717) is 18.6 Å². The smallest absolute Gasteiger partial charge is 0.120 e. The average molecular weight is 263 g/mol. The van der Waals surface area contributed by atoms with E-state index in [0.717, 1.165) is 24.5 Å². The molecule has 0 spiro atoms. The number of benzene rings is 1. The van der Waals surface area contributed by atoms with Crippen LogP contribution in [0.2, 0.25) is 0 Å². The van der Waals surface area contributed by atoms with Gasteiger partial charge in [-0.25, -0.2) is 0 Å². The zero-order chi connectivity index (χ0) is 13.7. The fourth-order valence-corrected chi connectivity index (χ4v) is 2.68. The second kappa shape index (κ2) is 6.80. The minimum atomic E-state index is 0.322. The van der Waals surface area contributed by atoms with Gasteiger partial charge in [-0.15, -0.1) is 0 Å². The number of likely N-dealkylation sites (tertiary alicyclic amines) is 1. The molecule has 0 aromatic heterocycles. The van der Waals surface area contributed by atoms with Crippen molar-refractivity contribution in [2.75, 3.05) is 26.7 Å². The van der Waals surface area contributed by atoms with E-state index in [-0.39, 0.29) is 0 Å². The van der Waals surface area contributed by atoms with Crippen molar-refractivity contribution in [2.45, 2.75) is 32.8 Å². The standard InChI is InChI=1S/C16H25NO2/c1-4-18-14-7-9-15(10-8-14)19-16-6-5-11-17(3)12-13(16)2/h7-10,13,16H,4-6,11-12H2,1-3H3. The van der Waals surface area contributed by atoms with Crippen molar-refractivity contribution in [3.8, 4) is 11.5 Å². The van der Waals surface area contributed by atoms with Crippen LogP contribution in [0.15, 0.2) is 24.3 Å². The first-order valence-corrected chi connectivity index (χ1v) is 7.27. The molecule has 1 aromatic rings. The topological polar surface area (TPSA) is 21.7 Å².